The first-order valence-corrected chi connectivity index (χ1v) is 9.69. The van der Waals surface area contributed by atoms with Gasteiger partial charge in [-0.15, -0.1) is 0 Å². The van der Waals surface area contributed by atoms with Crippen molar-refractivity contribution in [3.05, 3.63) is 53.6 Å². The Bertz CT molecular complexity index is 1010. The first-order valence-electron chi connectivity index (χ1n) is 8.16. The van der Waals surface area contributed by atoms with Crippen LogP contribution in [0.5, 0.6) is 5.75 Å². The van der Waals surface area contributed by atoms with Gasteiger partial charge in [0.25, 0.3) is 11.4 Å². The van der Waals surface area contributed by atoms with Gasteiger partial charge in [0.15, 0.2) is 11.7 Å². The zero-order valence-corrected chi connectivity index (χ0v) is 15.6. The second-order valence-electron chi connectivity index (χ2n) is 6.27. The lowest BCUT2D eigenvalue weighted by molar-refractivity contribution is -0.846. The third-order valence-electron chi connectivity index (χ3n) is 3.64. The van der Waals surface area contributed by atoms with Crippen LogP contribution in [0.2, 0.25) is 0 Å². The summed E-state index contributed by atoms with van der Waals surface area (Å²) >= 11 is 0. The van der Waals surface area contributed by atoms with Gasteiger partial charge in [-0.3, -0.25) is 14.6 Å². The predicted octanol–water partition coefficient (Wildman–Crippen LogP) is 1.77. The molecule has 0 saturated heterocycles. The molecule has 0 radical (unpaired) electrons. The molecule has 0 spiro atoms. The van der Waals surface area contributed by atoms with E-state index < -0.39 is 7.82 Å². The highest BCUT2D eigenvalue weighted by Crippen LogP contribution is 2.37. The maximum atomic E-state index is 12.2. The van der Waals surface area contributed by atoms with E-state index in [1.54, 1.807) is 30.3 Å². The second-order valence-corrected chi connectivity index (χ2v) is 7.43. The molecular weight excluding hydrogens is 373 g/mol. The minimum atomic E-state index is -4.59. The Kier molecular flexibility index (Phi) is 5.27. The number of nitrogens with one attached hydrogen (secondary N) is 1. The zero-order valence-electron chi connectivity index (χ0n) is 14.7. The highest BCUT2D eigenvalue weighted by atomic mass is 31.2. The van der Waals surface area contributed by atoms with Crippen LogP contribution in [0.15, 0.2) is 47.1 Å². The molecule has 0 atom stereocenters. The van der Waals surface area contributed by atoms with E-state index in [9.17, 15) is 9.36 Å². The number of hydrogen-bond acceptors (Lipinski definition) is 5. The molecule has 9 nitrogen and oxygen atoms in total. The number of carbonyl (C=O) groups excluding carboxylic acids is 1. The highest BCUT2D eigenvalue weighted by molar-refractivity contribution is 7.46. The van der Waals surface area contributed by atoms with Crippen LogP contribution in [0.3, 0.4) is 0 Å². The van der Waals surface area contributed by atoms with Crippen molar-refractivity contribution in [2.24, 2.45) is 0 Å². The number of aromatic nitrogens is 2. The first kappa shape index (κ1) is 19.0. The van der Waals surface area contributed by atoms with Crippen LogP contribution < -0.4 is 14.6 Å². The zero-order chi connectivity index (χ0) is 19.6. The number of hydrogen-bond donors (Lipinski definition) is 3. The molecule has 0 aliphatic rings. The van der Waals surface area contributed by atoms with E-state index in [1.165, 1.54) is 16.9 Å². The third kappa shape index (κ3) is 4.91. The van der Waals surface area contributed by atoms with E-state index in [0.717, 1.165) is 5.56 Å². The van der Waals surface area contributed by atoms with Crippen molar-refractivity contribution >= 4 is 24.8 Å². The van der Waals surface area contributed by atoms with Crippen LogP contribution >= 0.6 is 7.82 Å². The van der Waals surface area contributed by atoms with Crippen molar-refractivity contribution in [3.63, 3.8) is 0 Å². The summed E-state index contributed by atoms with van der Waals surface area (Å²) in [6, 6.07) is 11.3. The fraction of sp³-hybridized carbons (Fsp3) is 0.235. The van der Waals surface area contributed by atoms with Gasteiger partial charge in [-0.05, 0) is 43.7 Å². The molecule has 0 unspecified atom stereocenters. The standard InChI is InChI=1S/C17H18N3O6P/c1-11(2)18-17(21)13-5-8-15-16(9-13)20(26-19-15)10-12-3-6-14(7-4-12)25-27(22,23)24/h3-9,11H,10H2,1-2H3,(H2-,18,21,22,23,24)/p+1. The molecule has 0 saturated carbocycles. The van der Waals surface area contributed by atoms with Crippen molar-refractivity contribution in [1.29, 1.82) is 0 Å². The van der Waals surface area contributed by atoms with E-state index >= 15 is 0 Å². The number of nitrogens with zero attached hydrogens (tertiary/aromatic N) is 2. The van der Waals surface area contributed by atoms with Gasteiger partial charge in [0.2, 0.25) is 5.52 Å². The minimum absolute atomic E-state index is 0.0247. The molecule has 27 heavy (non-hydrogen) atoms. The monoisotopic (exact) mass is 392 g/mol. The fourth-order valence-corrected chi connectivity index (χ4v) is 2.89. The van der Waals surface area contributed by atoms with Crippen LogP contribution in [-0.2, 0) is 11.1 Å². The molecule has 0 aliphatic heterocycles. The van der Waals surface area contributed by atoms with Crippen molar-refractivity contribution < 1.29 is 33.0 Å². The summed E-state index contributed by atoms with van der Waals surface area (Å²) in [7, 11) is -4.59. The number of rotatable bonds is 6. The average Bonchev–Trinajstić information content (AvgIpc) is 2.97. The topological polar surface area (TPSA) is 126 Å². The molecule has 10 heteroatoms. The summed E-state index contributed by atoms with van der Waals surface area (Å²) < 4.78 is 22.2. The van der Waals surface area contributed by atoms with E-state index in [0.29, 0.717) is 23.1 Å². The van der Waals surface area contributed by atoms with E-state index in [1.807, 2.05) is 13.8 Å². The molecule has 3 rings (SSSR count). The maximum Gasteiger partial charge on any atom is 0.524 e. The molecule has 1 amide bonds. The van der Waals surface area contributed by atoms with E-state index in [4.69, 9.17) is 14.4 Å². The Balaban J connectivity index is 1.82. The van der Waals surface area contributed by atoms with Crippen LogP contribution in [0.1, 0.15) is 29.8 Å². The van der Waals surface area contributed by atoms with E-state index in [2.05, 4.69) is 15.0 Å². The Morgan fingerprint density at radius 3 is 2.59 bits per heavy atom. The Hall–Kier alpha value is -2.74. The Labute approximate surface area is 154 Å². The third-order valence-corrected chi connectivity index (χ3v) is 4.09. The van der Waals surface area contributed by atoms with Crippen molar-refractivity contribution in [2.45, 2.75) is 26.4 Å². The predicted molar refractivity (Wildman–Crippen MR) is 95.0 cm³/mol. The maximum absolute atomic E-state index is 12.2. The average molecular weight is 392 g/mol. The molecule has 1 aromatic heterocycles. The fourth-order valence-electron chi connectivity index (χ4n) is 2.50. The molecule has 2 aromatic carbocycles. The first-order chi connectivity index (χ1) is 12.7. The summed E-state index contributed by atoms with van der Waals surface area (Å²) in [5, 5.41) is 6.80. The van der Waals surface area contributed by atoms with Gasteiger partial charge in [0.05, 0.1) is 0 Å². The number of carbonyl (C=O) groups is 1. The molecule has 3 N–H and O–H groups in total. The lowest BCUT2D eigenvalue weighted by atomic mass is 10.1. The SMILES string of the molecule is CC(C)NC(=O)c1ccc2no[n+](Cc3ccc(OP(=O)(O)O)cc3)c2c1. The number of fused-ring (bicyclic) bond motifs is 1. The van der Waals surface area contributed by atoms with Gasteiger partial charge in [-0.2, -0.15) is 0 Å². The largest absolute Gasteiger partial charge is 0.524 e. The summed E-state index contributed by atoms with van der Waals surface area (Å²) in [5.74, 6) is -0.120. The van der Waals surface area contributed by atoms with Gasteiger partial charge in [0.1, 0.15) is 5.75 Å². The van der Waals surface area contributed by atoms with Gasteiger partial charge < -0.3 is 9.84 Å². The minimum Gasteiger partial charge on any atom is -0.404 e. The van der Waals surface area contributed by atoms with Gasteiger partial charge in [-0.25, -0.2) is 4.57 Å². The van der Waals surface area contributed by atoms with Gasteiger partial charge in [0, 0.05) is 17.7 Å². The molecule has 0 fully saturated rings. The van der Waals surface area contributed by atoms with Crippen molar-refractivity contribution in [2.75, 3.05) is 0 Å². The van der Waals surface area contributed by atoms with Gasteiger partial charge in [-0.1, -0.05) is 21.5 Å². The Morgan fingerprint density at radius 1 is 1.26 bits per heavy atom. The van der Waals surface area contributed by atoms with Crippen LogP contribution in [0, 0.1) is 0 Å². The summed E-state index contributed by atoms with van der Waals surface area (Å²) in [6.45, 7) is 4.09. The molecule has 0 bridgehead atoms. The van der Waals surface area contributed by atoms with E-state index in [-0.39, 0.29) is 17.7 Å². The van der Waals surface area contributed by atoms with Crippen LogP contribution in [0.25, 0.3) is 11.0 Å². The van der Waals surface area contributed by atoms with Crippen LogP contribution in [0.4, 0.5) is 0 Å². The molecule has 142 valence electrons. The number of amides is 1. The number of phosphoric acid groups is 1. The molecular formula is C17H19N3O6P+. The molecule has 0 aliphatic carbocycles. The van der Waals surface area contributed by atoms with Crippen molar-refractivity contribution in [3.8, 4) is 5.75 Å². The summed E-state index contributed by atoms with van der Waals surface area (Å²) in [5.41, 5.74) is 2.56. The molecule has 3 aromatic rings. The lowest BCUT2D eigenvalue weighted by Crippen LogP contribution is -2.33. The Morgan fingerprint density at radius 2 is 1.96 bits per heavy atom. The highest BCUT2D eigenvalue weighted by Gasteiger charge is 2.20. The summed E-state index contributed by atoms with van der Waals surface area (Å²) in [6.07, 6.45) is 0. The van der Waals surface area contributed by atoms with Crippen molar-refractivity contribution in [1.82, 2.24) is 10.5 Å². The number of phosphoric ester groups is 1. The quantitative estimate of drug-likeness (QED) is 0.431. The van der Waals surface area contributed by atoms with Gasteiger partial charge >= 0.3 is 7.82 Å². The second kappa shape index (κ2) is 7.48. The smallest absolute Gasteiger partial charge is 0.404 e. The lowest BCUT2D eigenvalue weighted by Gasteiger charge is -2.07. The number of benzene rings is 2. The molecule has 1 heterocycles. The van der Waals surface area contributed by atoms with Crippen LogP contribution in [-0.4, -0.2) is 26.9 Å². The normalized spacial score (nSPS) is 11.7. The summed E-state index contributed by atoms with van der Waals surface area (Å²) in [4.78, 5) is 29.8.